The number of hydrogen-bond donors (Lipinski definition) is 0. The van der Waals surface area contributed by atoms with E-state index in [1.54, 1.807) is 36.4 Å². The molecule has 0 aromatic heterocycles. The van der Waals surface area contributed by atoms with Crippen LogP contribution in [0.3, 0.4) is 0 Å². The highest BCUT2D eigenvalue weighted by Gasteiger charge is 2.40. The molecule has 0 saturated carbocycles. The summed E-state index contributed by atoms with van der Waals surface area (Å²) in [4.78, 5) is 56.2. The molecule has 4 aromatic rings. The monoisotopic (exact) mass is 514 g/mol. The van der Waals surface area contributed by atoms with Crippen LogP contribution in [0.25, 0.3) is 10.8 Å². The molecule has 4 aromatic carbocycles. The number of anilines is 2. The fraction of sp³-hybridized carbons (Fsp3) is 0.0714. The summed E-state index contributed by atoms with van der Waals surface area (Å²) in [5, 5.41) is 1.46. The fourth-order valence-corrected chi connectivity index (χ4v) is 5.13. The number of benzene rings is 4. The second kappa shape index (κ2) is 7.75. The third-order valence-corrected chi connectivity index (χ3v) is 7.54. The Morgan fingerprint density at radius 3 is 1.08 bits per heavy atom. The summed E-state index contributed by atoms with van der Waals surface area (Å²) in [6.07, 6.45) is 0. The summed E-state index contributed by atoms with van der Waals surface area (Å²) in [6.45, 7) is 3.65. The van der Waals surface area contributed by atoms with Gasteiger partial charge in [-0.3, -0.25) is 19.2 Å². The van der Waals surface area contributed by atoms with E-state index in [-0.39, 0.29) is 22.3 Å². The van der Waals surface area contributed by atoms with Crippen LogP contribution in [0, 0.1) is 13.8 Å². The lowest BCUT2D eigenvalue weighted by molar-refractivity contribution is 0.0873. The highest BCUT2D eigenvalue weighted by Crippen LogP contribution is 2.40. The molecule has 0 fully saturated rings. The van der Waals surface area contributed by atoms with Crippen molar-refractivity contribution >= 4 is 69.0 Å². The maximum absolute atomic E-state index is 13.5. The predicted octanol–water partition coefficient (Wildman–Crippen LogP) is 6.36. The van der Waals surface area contributed by atoms with Crippen molar-refractivity contribution in [1.29, 1.82) is 0 Å². The molecule has 176 valence electrons. The van der Waals surface area contributed by atoms with Crippen molar-refractivity contribution in [3.8, 4) is 0 Å². The molecule has 8 heteroatoms. The Bertz CT molecular complexity index is 1530. The molecule has 6 nitrogen and oxygen atoms in total. The topological polar surface area (TPSA) is 74.8 Å². The zero-order chi connectivity index (χ0) is 25.5. The highest BCUT2D eigenvalue weighted by molar-refractivity contribution is 6.42. The standard InChI is InChI=1S/C28H16Cl2N2O4/c1-13-3-5-15(11-21(13)29)31-25(33)17-7-9-19-24-20(10-8-18(23(17)24)26(31)34)28(36)32(27(19)35)16-6-4-14(2)22(30)12-16/h3-12H,1-2H3. The normalized spacial score (nSPS) is 14.8. The molecule has 36 heavy (non-hydrogen) atoms. The van der Waals surface area contributed by atoms with E-state index < -0.39 is 23.6 Å². The van der Waals surface area contributed by atoms with Crippen molar-refractivity contribution in [3.63, 3.8) is 0 Å². The van der Waals surface area contributed by atoms with E-state index >= 15 is 0 Å². The van der Waals surface area contributed by atoms with Crippen LogP contribution in [0.4, 0.5) is 11.4 Å². The van der Waals surface area contributed by atoms with Gasteiger partial charge >= 0.3 is 0 Å². The van der Waals surface area contributed by atoms with Gasteiger partial charge in [0.2, 0.25) is 0 Å². The largest absolute Gasteiger partial charge is 0.268 e. The van der Waals surface area contributed by atoms with Gasteiger partial charge in [-0.1, -0.05) is 35.3 Å². The molecule has 2 aliphatic heterocycles. The van der Waals surface area contributed by atoms with Gasteiger partial charge in [0.05, 0.1) is 11.4 Å². The molecule has 0 unspecified atom stereocenters. The molecule has 0 atom stereocenters. The number of aryl methyl sites for hydroxylation is 2. The first kappa shape index (κ1) is 22.5. The number of carbonyl (C=O) groups is 4. The zero-order valence-electron chi connectivity index (χ0n) is 19.1. The number of carbonyl (C=O) groups excluding carboxylic acids is 4. The quantitative estimate of drug-likeness (QED) is 0.291. The number of amides is 4. The lowest BCUT2D eigenvalue weighted by Crippen LogP contribution is -2.43. The molecule has 0 saturated heterocycles. The summed E-state index contributed by atoms with van der Waals surface area (Å²) in [7, 11) is 0. The first-order chi connectivity index (χ1) is 17.2. The first-order valence-corrected chi connectivity index (χ1v) is 11.8. The zero-order valence-corrected chi connectivity index (χ0v) is 20.6. The molecule has 4 amide bonds. The minimum Gasteiger partial charge on any atom is -0.268 e. The van der Waals surface area contributed by atoms with Crippen LogP contribution in [0.15, 0.2) is 60.7 Å². The smallest absolute Gasteiger partial charge is 0.265 e. The molecule has 0 N–H and O–H groups in total. The van der Waals surface area contributed by atoms with E-state index in [4.69, 9.17) is 23.2 Å². The van der Waals surface area contributed by atoms with Gasteiger partial charge in [-0.2, -0.15) is 0 Å². The molecular formula is C28H16Cl2N2O4. The van der Waals surface area contributed by atoms with Gasteiger partial charge in [0.1, 0.15) is 0 Å². The molecule has 0 bridgehead atoms. The van der Waals surface area contributed by atoms with Crippen LogP contribution in [-0.2, 0) is 0 Å². The number of nitrogens with zero attached hydrogens (tertiary/aromatic N) is 2. The Hall–Kier alpha value is -4.00. The number of halogens is 2. The minimum absolute atomic E-state index is 0.231. The molecular weight excluding hydrogens is 499 g/mol. The Morgan fingerprint density at radius 1 is 0.500 bits per heavy atom. The molecule has 0 spiro atoms. The van der Waals surface area contributed by atoms with Gasteiger partial charge in [-0.15, -0.1) is 0 Å². The highest BCUT2D eigenvalue weighted by atomic mass is 35.5. The number of rotatable bonds is 2. The maximum Gasteiger partial charge on any atom is 0.265 e. The maximum atomic E-state index is 13.5. The van der Waals surface area contributed by atoms with Crippen molar-refractivity contribution in [3.05, 3.63) is 104 Å². The van der Waals surface area contributed by atoms with Crippen LogP contribution in [-0.4, -0.2) is 23.6 Å². The van der Waals surface area contributed by atoms with Gasteiger partial charge < -0.3 is 0 Å². The Morgan fingerprint density at radius 2 is 0.806 bits per heavy atom. The van der Waals surface area contributed by atoms with Gasteiger partial charge in [-0.05, 0) is 73.5 Å². The minimum atomic E-state index is -0.552. The van der Waals surface area contributed by atoms with Gasteiger partial charge in [-0.25, -0.2) is 9.80 Å². The van der Waals surface area contributed by atoms with Crippen LogP contribution in [0.1, 0.15) is 52.6 Å². The Balaban J connectivity index is 1.54. The summed E-state index contributed by atoms with van der Waals surface area (Å²) in [5.74, 6) is -2.21. The van der Waals surface area contributed by atoms with E-state index in [9.17, 15) is 19.2 Å². The van der Waals surface area contributed by atoms with E-state index in [1.807, 2.05) is 13.8 Å². The molecule has 2 heterocycles. The van der Waals surface area contributed by atoms with Crippen LogP contribution >= 0.6 is 23.2 Å². The van der Waals surface area contributed by atoms with Crippen molar-refractivity contribution in [1.82, 2.24) is 0 Å². The SMILES string of the molecule is Cc1ccc(N2C(=O)c3ccc4c5c(ccc(c35)C2=O)C(=O)N(c2ccc(C)c(Cl)c2)C4=O)cc1Cl. The fourth-order valence-electron chi connectivity index (χ4n) is 4.79. The number of hydrogen-bond acceptors (Lipinski definition) is 4. The van der Waals surface area contributed by atoms with Crippen LogP contribution in [0.5, 0.6) is 0 Å². The van der Waals surface area contributed by atoms with Crippen molar-refractivity contribution in [2.45, 2.75) is 13.8 Å². The van der Waals surface area contributed by atoms with E-state index in [0.717, 1.165) is 20.9 Å². The van der Waals surface area contributed by atoms with E-state index in [1.165, 1.54) is 24.3 Å². The first-order valence-electron chi connectivity index (χ1n) is 11.1. The Labute approximate surface area is 215 Å². The summed E-state index contributed by atoms with van der Waals surface area (Å²) in [6, 6.07) is 16.0. The second-order valence-corrected chi connectivity index (χ2v) is 9.64. The molecule has 0 radical (unpaired) electrons. The summed E-state index contributed by atoms with van der Waals surface area (Å²) < 4.78 is 0. The van der Waals surface area contributed by atoms with E-state index in [2.05, 4.69) is 0 Å². The average molecular weight is 515 g/mol. The average Bonchev–Trinajstić information content (AvgIpc) is 2.85. The second-order valence-electron chi connectivity index (χ2n) is 8.83. The van der Waals surface area contributed by atoms with Crippen LogP contribution in [0.2, 0.25) is 10.0 Å². The lowest BCUT2D eigenvalue weighted by atomic mass is 9.85. The molecule has 6 rings (SSSR count). The summed E-state index contributed by atoms with van der Waals surface area (Å²) in [5.41, 5.74) is 3.23. The number of imide groups is 2. The van der Waals surface area contributed by atoms with Gasteiger partial charge in [0.25, 0.3) is 23.6 Å². The third kappa shape index (κ3) is 2.98. The van der Waals surface area contributed by atoms with Crippen molar-refractivity contribution < 1.29 is 19.2 Å². The van der Waals surface area contributed by atoms with Crippen molar-refractivity contribution in [2.24, 2.45) is 0 Å². The third-order valence-electron chi connectivity index (χ3n) is 6.72. The predicted molar refractivity (Wildman–Crippen MR) is 139 cm³/mol. The Kier molecular flexibility index (Phi) is 4.84. The van der Waals surface area contributed by atoms with Crippen molar-refractivity contribution in [2.75, 3.05) is 9.80 Å². The van der Waals surface area contributed by atoms with Gasteiger partial charge in [0, 0.05) is 43.1 Å². The lowest BCUT2D eigenvalue weighted by Gasteiger charge is -2.32. The molecule has 2 aliphatic rings. The van der Waals surface area contributed by atoms with E-state index in [0.29, 0.717) is 32.2 Å². The molecule has 0 aliphatic carbocycles. The van der Waals surface area contributed by atoms with Crippen LogP contribution < -0.4 is 9.80 Å². The summed E-state index contributed by atoms with van der Waals surface area (Å²) >= 11 is 12.5. The van der Waals surface area contributed by atoms with Gasteiger partial charge in [0.15, 0.2) is 0 Å².